The van der Waals surface area contributed by atoms with Gasteiger partial charge in [0.25, 0.3) is 0 Å². The van der Waals surface area contributed by atoms with Crippen molar-refractivity contribution in [2.75, 3.05) is 6.61 Å². The lowest BCUT2D eigenvalue weighted by Crippen LogP contribution is -2.41. The molecular formula is C9H10O5. The van der Waals surface area contributed by atoms with E-state index >= 15 is 0 Å². The number of fused-ring (bicyclic) bond motifs is 1. The summed E-state index contributed by atoms with van der Waals surface area (Å²) in [5, 5.41) is 9.01. The van der Waals surface area contributed by atoms with Crippen molar-refractivity contribution in [3.05, 3.63) is 0 Å². The van der Waals surface area contributed by atoms with Crippen molar-refractivity contribution in [3.8, 4) is 0 Å². The highest BCUT2D eigenvalue weighted by atomic mass is 16.6. The predicted octanol–water partition coefficient (Wildman–Crippen LogP) is -0.208. The zero-order valence-corrected chi connectivity index (χ0v) is 7.43. The fourth-order valence-corrected chi connectivity index (χ4v) is 2.97. The Morgan fingerprint density at radius 1 is 1.57 bits per heavy atom. The Hall–Kier alpha value is -1.10. The number of aliphatic carboxylic acids is 1. The Bertz CT molecular complexity index is 325. The molecule has 0 unspecified atom stereocenters. The van der Waals surface area contributed by atoms with Gasteiger partial charge in [-0.25, -0.2) is 0 Å². The summed E-state index contributed by atoms with van der Waals surface area (Å²) in [5.41, 5.74) is -0.606. The van der Waals surface area contributed by atoms with Gasteiger partial charge in [0.2, 0.25) is 0 Å². The van der Waals surface area contributed by atoms with Gasteiger partial charge in [-0.1, -0.05) is 0 Å². The third-order valence-electron chi connectivity index (χ3n) is 3.56. The largest absolute Gasteiger partial charge is 0.481 e. The molecule has 3 saturated heterocycles. The maximum absolute atomic E-state index is 11.4. The van der Waals surface area contributed by atoms with E-state index < -0.39 is 29.4 Å². The van der Waals surface area contributed by atoms with Crippen LogP contribution in [0, 0.1) is 11.8 Å². The Morgan fingerprint density at radius 3 is 3.07 bits per heavy atom. The number of rotatable bonds is 1. The molecule has 0 aromatic carbocycles. The Kier molecular flexibility index (Phi) is 1.34. The average molecular weight is 198 g/mol. The zero-order chi connectivity index (χ0) is 9.92. The summed E-state index contributed by atoms with van der Waals surface area (Å²) in [7, 11) is 0. The van der Waals surface area contributed by atoms with Gasteiger partial charge in [0.05, 0.1) is 12.0 Å². The molecule has 0 aromatic rings. The molecule has 0 aliphatic carbocycles. The van der Waals surface area contributed by atoms with E-state index in [1.165, 1.54) is 0 Å². The monoisotopic (exact) mass is 198 g/mol. The van der Waals surface area contributed by atoms with E-state index in [0.29, 0.717) is 0 Å². The highest BCUT2D eigenvalue weighted by Gasteiger charge is 2.68. The van der Waals surface area contributed by atoms with Gasteiger partial charge in [0, 0.05) is 0 Å². The molecule has 14 heavy (non-hydrogen) atoms. The van der Waals surface area contributed by atoms with Crippen LogP contribution in [-0.2, 0) is 19.1 Å². The SMILES string of the molecule is O=C(O)[C@@H]1[C@H]2C(=O)OC[C@@]23CC[C@H]1O3. The highest BCUT2D eigenvalue weighted by molar-refractivity contribution is 5.85. The number of hydrogen-bond acceptors (Lipinski definition) is 4. The van der Waals surface area contributed by atoms with Gasteiger partial charge in [0.1, 0.15) is 18.1 Å². The van der Waals surface area contributed by atoms with E-state index in [1.807, 2.05) is 0 Å². The second kappa shape index (κ2) is 2.28. The summed E-state index contributed by atoms with van der Waals surface area (Å²) in [6.07, 6.45) is 1.19. The van der Waals surface area contributed by atoms with Crippen LogP contribution in [-0.4, -0.2) is 35.4 Å². The van der Waals surface area contributed by atoms with Gasteiger partial charge < -0.3 is 14.6 Å². The Balaban J connectivity index is 2.03. The molecule has 3 aliphatic heterocycles. The topological polar surface area (TPSA) is 72.8 Å². The van der Waals surface area contributed by atoms with Gasteiger partial charge in [0.15, 0.2) is 0 Å². The molecule has 0 saturated carbocycles. The molecule has 76 valence electrons. The predicted molar refractivity (Wildman–Crippen MR) is 42.4 cm³/mol. The third-order valence-corrected chi connectivity index (χ3v) is 3.56. The second-order valence-corrected chi connectivity index (χ2v) is 4.21. The lowest BCUT2D eigenvalue weighted by molar-refractivity contribution is -0.153. The average Bonchev–Trinajstić information content (AvgIpc) is 2.75. The van der Waals surface area contributed by atoms with Crippen LogP contribution in [0.2, 0.25) is 0 Å². The minimum atomic E-state index is -0.944. The van der Waals surface area contributed by atoms with E-state index in [-0.39, 0.29) is 12.7 Å². The van der Waals surface area contributed by atoms with Gasteiger partial charge in [-0.05, 0) is 12.8 Å². The van der Waals surface area contributed by atoms with Crippen LogP contribution < -0.4 is 0 Å². The molecular weight excluding hydrogens is 188 g/mol. The normalized spacial score (nSPS) is 49.1. The van der Waals surface area contributed by atoms with E-state index in [1.54, 1.807) is 0 Å². The zero-order valence-electron chi connectivity index (χ0n) is 7.43. The molecule has 3 aliphatic rings. The lowest BCUT2D eigenvalue weighted by Gasteiger charge is -2.23. The number of cyclic esters (lactones) is 1. The van der Waals surface area contributed by atoms with Gasteiger partial charge >= 0.3 is 11.9 Å². The van der Waals surface area contributed by atoms with Crippen molar-refractivity contribution in [1.82, 2.24) is 0 Å². The molecule has 1 spiro atoms. The quantitative estimate of drug-likeness (QED) is 0.590. The summed E-state index contributed by atoms with van der Waals surface area (Å²) in [4.78, 5) is 22.4. The van der Waals surface area contributed by atoms with E-state index in [4.69, 9.17) is 14.6 Å². The number of carbonyl (C=O) groups is 2. The number of ether oxygens (including phenoxy) is 2. The summed E-state index contributed by atoms with van der Waals surface area (Å²) >= 11 is 0. The molecule has 2 bridgehead atoms. The van der Waals surface area contributed by atoms with Crippen molar-refractivity contribution >= 4 is 11.9 Å². The first-order chi connectivity index (χ1) is 6.64. The summed E-state index contributed by atoms with van der Waals surface area (Å²) in [6.45, 7) is 0.233. The lowest BCUT2D eigenvalue weighted by atomic mass is 9.73. The minimum absolute atomic E-state index is 0.233. The summed E-state index contributed by atoms with van der Waals surface area (Å²) < 4.78 is 10.5. The number of carboxylic acids is 1. The van der Waals surface area contributed by atoms with Crippen molar-refractivity contribution < 1.29 is 24.2 Å². The van der Waals surface area contributed by atoms with E-state index in [0.717, 1.165) is 12.8 Å². The number of carbonyl (C=O) groups excluding carboxylic acids is 1. The molecule has 0 aromatic heterocycles. The maximum atomic E-state index is 11.4. The number of hydrogen-bond donors (Lipinski definition) is 1. The molecule has 3 heterocycles. The van der Waals surface area contributed by atoms with Gasteiger partial charge in [-0.3, -0.25) is 9.59 Å². The number of esters is 1. The van der Waals surface area contributed by atoms with E-state index in [9.17, 15) is 9.59 Å². The molecule has 3 rings (SSSR count). The third kappa shape index (κ3) is 0.744. The molecule has 3 fully saturated rings. The van der Waals surface area contributed by atoms with Crippen LogP contribution in [0.4, 0.5) is 0 Å². The number of carboxylic acid groups (broad SMARTS) is 1. The first kappa shape index (κ1) is 8.23. The van der Waals surface area contributed by atoms with Crippen LogP contribution in [0.1, 0.15) is 12.8 Å². The van der Waals surface area contributed by atoms with Crippen LogP contribution in [0.25, 0.3) is 0 Å². The fourth-order valence-electron chi connectivity index (χ4n) is 2.97. The molecule has 1 N–H and O–H groups in total. The molecule has 5 heteroatoms. The first-order valence-corrected chi connectivity index (χ1v) is 4.71. The summed E-state index contributed by atoms with van der Waals surface area (Å²) in [6, 6.07) is 0. The summed E-state index contributed by atoms with van der Waals surface area (Å²) in [5.74, 6) is -2.61. The van der Waals surface area contributed by atoms with Crippen molar-refractivity contribution in [3.63, 3.8) is 0 Å². The fraction of sp³-hybridized carbons (Fsp3) is 0.778. The van der Waals surface area contributed by atoms with Crippen LogP contribution in [0.15, 0.2) is 0 Å². The van der Waals surface area contributed by atoms with Crippen LogP contribution >= 0.6 is 0 Å². The first-order valence-electron chi connectivity index (χ1n) is 4.71. The maximum Gasteiger partial charge on any atom is 0.313 e. The Morgan fingerprint density at radius 2 is 2.36 bits per heavy atom. The van der Waals surface area contributed by atoms with Gasteiger partial charge in [-0.2, -0.15) is 0 Å². The second-order valence-electron chi connectivity index (χ2n) is 4.21. The van der Waals surface area contributed by atoms with Gasteiger partial charge in [-0.15, -0.1) is 0 Å². The smallest absolute Gasteiger partial charge is 0.313 e. The van der Waals surface area contributed by atoms with Crippen LogP contribution in [0.5, 0.6) is 0 Å². The molecule has 5 nitrogen and oxygen atoms in total. The highest BCUT2D eigenvalue weighted by Crippen LogP contribution is 2.54. The molecule has 4 atom stereocenters. The Labute approximate surface area is 80.0 Å². The standard InChI is InChI=1S/C9H10O5/c10-7(11)5-4-1-2-9(14-4)3-13-8(12)6(5)9/h4-6H,1-3H2,(H,10,11)/t4-,5+,6+,9+/m1/s1. The van der Waals surface area contributed by atoms with Crippen molar-refractivity contribution in [2.45, 2.75) is 24.5 Å². The molecule has 0 radical (unpaired) electrons. The van der Waals surface area contributed by atoms with Crippen molar-refractivity contribution in [2.24, 2.45) is 11.8 Å². The van der Waals surface area contributed by atoms with E-state index in [2.05, 4.69) is 0 Å². The van der Waals surface area contributed by atoms with Crippen molar-refractivity contribution in [1.29, 1.82) is 0 Å². The minimum Gasteiger partial charge on any atom is -0.481 e. The molecule has 0 amide bonds. The van der Waals surface area contributed by atoms with Crippen LogP contribution in [0.3, 0.4) is 0 Å².